The summed E-state index contributed by atoms with van der Waals surface area (Å²) in [5.41, 5.74) is 8.91. The molecular weight excluding hydrogens is 240 g/mol. The van der Waals surface area contributed by atoms with Crippen LogP contribution in [0.3, 0.4) is 0 Å². The number of fused-ring (bicyclic) bond motifs is 3. The molecule has 0 amide bonds. The Hall–Kier alpha value is -2.08. The van der Waals surface area contributed by atoms with Crippen LogP contribution >= 0.6 is 0 Å². The van der Waals surface area contributed by atoms with Gasteiger partial charge in [0.25, 0.3) is 0 Å². The Kier molecular flexibility index (Phi) is 3.10. The summed E-state index contributed by atoms with van der Waals surface area (Å²) in [4.78, 5) is 0. The zero-order chi connectivity index (χ0) is 14.3. The molecule has 0 N–H and O–H groups in total. The van der Waals surface area contributed by atoms with Crippen LogP contribution in [-0.4, -0.2) is 0 Å². The lowest BCUT2D eigenvalue weighted by atomic mass is 9.87. The molecule has 1 unspecified atom stereocenters. The van der Waals surface area contributed by atoms with E-state index in [1.165, 1.54) is 33.4 Å². The van der Waals surface area contributed by atoms with Crippen molar-refractivity contribution in [3.8, 4) is 11.1 Å². The molecule has 0 fully saturated rings. The average molecular weight is 260 g/mol. The highest BCUT2D eigenvalue weighted by Gasteiger charge is 2.25. The fraction of sp³-hybridized carbons (Fsp3) is 0.200. The quantitative estimate of drug-likeness (QED) is 0.551. The second-order valence-electron chi connectivity index (χ2n) is 5.53. The first-order valence-corrected chi connectivity index (χ1v) is 7.27. The number of hydrogen-bond donors (Lipinski definition) is 0. The van der Waals surface area contributed by atoms with E-state index in [1.54, 1.807) is 0 Å². The van der Waals surface area contributed by atoms with Gasteiger partial charge >= 0.3 is 0 Å². The van der Waals surface area contributed by atoms with Gasteiger partial charge in [-0.1, -0.05) is 69.5 Å². The number of hydrogen-bond acceptors (Lipinski definition) is 0. The third kappa shape index (κ3) is 1.68. The summed E-state index contributed by atoms with van der Waals surface area (Å²) in [5, 5.41) is 0. The molecule has 0 saturated carbocycles. The Bertz CT molecular complexity index is 704. The maximum Gasteiger partial charge on any atom is -0.00297 e. The van der Waals surface area contributed by atoms with Crippen molar-refractivity contribution in [1.82, 2.24) is 0 Å². The normalized spacial score (nSPS) is 13.8. The summed E-state index contributed by atoms with van der Waals surface area (Å²) in [6.45, 7) is 12.9. The van der Waals surface area contributed by atoms with Crippen molar-refractivity contribution in [3.05, 3.63) is 71.8 Å². The number of rotatable bonds is 3. The minimum absolute atomic E-state index is 0.546. The summed E-state index contributed by atoms with van der Waals surface area (Å²) < 4.78 is 0. The molecule has 0 heterocycles. The molecule has 2 aromatic rings. The minimum atomic E-state index is 0.546. The first-order chi connectivity index (χ1) is 9.69. The van der Waals surface area contributed by atoms with Gasteiger partial charge in [0.05, 0.1) is 0 Å². The summed E-state index contributed by atoms with van der Waals surface area (Å²) in [7, 11) is 0. The Labute approximate surface area is 121 Å². The van der Waals surface area contributed by atoms with Gasteiger partial charge in [-0.3, -0.25) is 0 Å². The Morgan fingerprint density at radius 2 is 1.75 bits per heavy atom. The van der Waals surface area contributed by atoms with E-state index in [0.717, 1.165) is 12.0 Å². The molecule has 1 aliphatic carbocycles. The van der Waals surface area contributed by atoms with Crippen molar-refractivity contribution in [1.29, 1.82) is 0 Å². The van der Waals surface area contributed by atoms with Crippen molar-refractivity contribution < 1.29 is 0 Å². The largest absolute Gasteiger partial charge is 0.0984 e. The zero-order valence-corrected chi connectivity index (χ0v) is 12.2. The predicted molar refractivity (Wildman–Crippen MR) is 88.8 cm³/mol. The molecule has 100 valence electrons. The van der Waals surface area contributed by atoms with Gasteiger partial charge in [-0.05, 0) is 51.3 Å². The molecule has 3 rings (SSSR count). The third-order valence-corrected chi connectivity index (χ3v) is 4.47. The van der Waals surface area contributed by atoms with E-state index >= 15 is 0 Å². The summed E-state index contributed by atoms with van der Waals surface area (Å²) in [5.74, 6) is 0.546. The second-order valence-corrected chi connectivity index (χ2v) is 5.53. The van der Waals surface area contributed by atoms with Gasteiger partial charge in [-0.25, -0.2) is 0 Å². The highest BCUT2D eigenvalue weighted by molar-refractivity contribution is 6.03. The van der Waals surface area contributed by atoms with Gasteiger partial charge in [-0.2, -0.15) is 0 Å². The molecule has 0 nitrogen and oxygen atoms in total. The summed E-state index contributed by atoms with van der Waals surface area (Å²) >= 11 is 0. The molecule has 0 aromatic heterocycles. The molecule has 0 heteroatoms. The molecule has 1 aliphatic rings. The van der Waals surface area contributed by atoms with Crippen LogP contribution in [0, 0.1) is 0 Å². The Morgan fingerprint density at radius 3 is 2.40 bits per heavy atom. The van der Waals surface area contributed by atoms with Gasteiger partial charge < -0.3 is 0 Å². The van der Waals surface area contributed by atoms with Crippen LogP contribution in [0.1, 0.15) is 48.4 Å². The first-order valence-electron chi connectivity index (χ1n) is 7.27. The van der Waals surface area contributed by atoms with E-state index in [1.807, 2.05) is 6.08 Å². The van der Waals surface area contributed by atoms with Gasteiger partial charge in [0.2, 0.25) is 0 Å². The van der Waals surface area contributed by atoms with Crippen LogP contribution in [0.5, 0.6) is 0 Å². The molecular formula is C20H20. The molecule has 20 heavy (non-hydrogen) atoms. The van der Waals surface area contributed by atoms with E-state index in [-0.39, 0.29) is 0 Å². The minimum Gasteiger partial charge on any atom is -0.0984 e. The van der Waals surface area contributed by atoms with Crippen molar-refractivity contribution in [3.63, 3.8) is 0 Å². The lowest BCUT2D eigenvalue weighted by molar-refractivity contribution is 0.732. The molecule has 0 spiro atoms. The van der Waals surface area contributed by atoms with E-state index in [4.69, 9.17) is 0 Å². The molecule has 0 saturated heterocycles. The van der Waals surface area contributed by atoms with Crippen LogP contribution in [-0.2, 0) is 0 Å². The van der Waals surface area contributed by atoms with E-state index in [2.05, 4.69) is 63.4 Å². The van der Waals surface area contributed by atoms with Crippen molar-refractivity contribution >= 4 is 11.6 Å². The predicted octanol–water partition coefficient (Wildman–Crippen LogP) is 5.89. The van der Waals surface area contributed by atoms with Crippen molar-refractivity contribution in [2.45, 2.75) is 26.2 Å². The van der Waals surface area contributed by atoms with Gasteiger partial charge in [0.1, 0.15) is 0 Å². The topological polar surface area (TPSA) is 0 Å². The van der Waals surface area contributed by atoms with Gasteiger partial charge in [-0.15, -0.1) is 0 Å². The number of benzene rings is 2. The van der Waals surface area contributed by atoms with E-state index in [0.29, 0.717) is 5.92 Å². The maximum atomic E-state index is 4.32. The van der Waals surface area contributed by atoms with Crippen molar-refractivity contribution in [2.24, 2.45) is 0 Å². The summed E-state index contributed by atoms with van der Waals surface area (Å²) in [6, 6.07) is 13.0. The molecule has 2 aromatic carbocycles. The monoisotopic (exact) mass is 260 g/mol. The van der Waals surface area contributed by atoms with Crippen LogP contribution in [0.2, 0.25) is 0 Å². The molecule has 0 radical (unpaired) electrons. The SMILES string of the molecule is C=Cc1c(C(C)CC)ccc2c1C(=C)c1ccccc1-2. The average Bonchev–Trinajstić information content (AvgIpc) is 2.79. The third-order valence-electron chi connectivity index (χ3n) is 4.47. The molecule has 0 bridgehead atoms. The smallest absolute Gasteiger partial charge is 0.00297 e. The fourth-order valence-corrected chi connectivity index (χ4v) is 3.17. The second kappa shape index (κ2) is 4.79. The maximum absolute atomic E-state index is 4.32. The Balaban J connectivity index is 2.30. The highest BCUT2D eigenvalue weighted by atomic mass is 14.3. The summed E-state index contributed by atoms with van der Waals surface area (Å²) in [6.07, 6.45) is 3.14. The zero-order valence-electron chi connectivity index (χ0n) is 12.2. The lowest BCUT2D eigenvalue weighted by Gasteiger charge is -2.17. The van der Waals surface area contributed by atoms with Crippen LogP contribution in [0.25, 0.3) is 22.8 Å². The van der Waals surface area contributed by atoms with Crippen LogP contribution in [0.15, 0.2) is 49.6 Å². The fourth-order valence-electron chi connectivity index (χ4n) is 3.17. The lowest BCUT2D eigenvalue weighted by Crippen LogP contribution is -1.98. The van der Waals surface area contributed by atoms with E-state index in [9.17, 15) is 0 Å². The molecule has 1 atom stereocenters. The van der Waals surface area contributed by atoms with Gasteiger partial charge in [0, 0.05) is 0 Å². The van der Waals surface area contributed by atoms with Crippen molar-refractivity contribution in [2.75, 3.05) is 0 Å². The van der Waals surface area contributed by atoms with Gasteiger partial charge in [0.15, 0.2) is 0 Å². The van der Waals surface area contributed by atoms with E-state index < -0.39 is 0 Å². The van der Waals surface area contributed by atoms with Crippen LogP contribution in [0.4, 0.5) is 0 Å². The highest BCUT2D eigenvalue weighted by Crippen LogP contribution is 2.46. The van der Waals surface area contributed by atoms with Crippen LogP contribution < -0.4 is 0 Å². The Morgan fingerprint density at radius 1 is 1.05 bits per heavy atom. The molecule has 0 aliphatic heterocycles. The first kappa shape index (κ1) is 12.9. The standard InChI is InChI=1S/C20H20/c1-5-13(3)16-11-12-19-18-10-8-7-9-17(18)14(4)20(19)15(16)6-2/h6-13H,2,4-5H2,1,3H3.